The molecule has 2 atom stereocenters. The van der Waals surface area contributed by atoms with E-state index in [4.69, 9.17) is 0 Å². The van der Waals surface area contributed by atoms with E-state index in [-0.39, 0.29) is 5.56 Å². The van der Waals surface area contributed by atoms with Gasteiger partial charge in [0.1, 0.15) is 0 Å². The Morgan fingerprint density at radius 2 is 1.67 bits per heavy atom. The number of nitriles is 3. The van der Waals surface area contributed by atoms with Gasteiger partial charge >= 0.3 is 5.97 Å². The van der Waals surface area contributed by atoms with Crippen molar-refractivity contribution >= 4 is 11.8 Å². The molecule has 102 valence electrons. The molecular weight excluding hydrogens is 270 g/mol. The zero-order chi connectivity index (χ0) is 15.7. The average molecular weight is 279 g/mol. The molecule has 1 aliphatic rings. The second-order valence-electron chi connectivity index (χ2n) is 4.61. The Hall–Kier alpha value is -3.17. The van der Waals surface area contributed by atoms with Crippen molar-refractivity contribution in [1.82, 2.24) is 0 Å². The highest BCUT2D eigenvalue weighted by Crippen LogP contribution is 2.69. The topological polar surface area (TPSA) is 115 Å². The molecule has 1 saturated carbocycles. The van der Waals surface area contributed by atoms with Crippen LogP contribution < -0.4 is 0 Å². The maximum Gasteiger partial charge on any atom is 0.329 e. The van der Waals surface area contributed by atoms with E-state index in [0.29, 0.717) is 0 Å². The fourth-order valence-electron chi connectivity index (χ4n) is 2.61. The van der Waals surface area contributed by atoms with Gasteiger partial charge in [0, 0.05) is 5.56 Å². The number of Topliss-reactive ketones (excluding diaryl/α,β-unsaturated/α-hetero) is 1. The Kier molecular flexibility index (Phi) is 3.21. The summed E-state index contributed by atoms with van der Waals surface area (Å²) in [6.45, 7) is 0. The standard InChI is InChI=1S/C15H9N3O3/c1-21-13(20)15(9-18)12(14(15,7-16)8-17)11(19)10-5-3-2-4-6-10/h2-6,12H,1H3/t12-,15-/m0/s1. The lowest BCUT2D eigenvalue weighted by molar-refractivity contribution is -0.145. The minimum absolute atomic E-state index is 0.235. The predicted octanol–water partition coefficient (Wildman–Crippen LogP) is 1.22. The summed E-state index contributed by atoms with van der Waals surface area (Å²) in [5, 5.41) is 27.8. The third kappa shape index (κ3) is 1.55. The first kappa shape index (κ1) is 14.2. The van der Waals surface area contributed by atoms with E-state index in [1.165, 1.54) is 12.1 Å². The maximum atomic E-state index is 12.5. The van der Waals surface area contributed by atoms with Crippen molar-refractivity contribution in [1.29, 1.82) is 15.8 Å². The van der Waals surface area contributed by atoms with Gasteiger partial charge < -0.3 is 4.74 Å². The van der Waals surface area contributed by atoms with E-state index in [1.807, 2.05) is 0 Å². The van der Waals surface area contributed by atoms with Gasteiger partial charge in [-0.2, -0.15) is 15.8 Å². The Morgan fingerprint density at radius 3 is 2.10 bits per heavy atom. The van der Waals surface area contributed by atoms with Crippen molar-refractivity contribution in [2.24, 2.45) is 16.7 Å². The van der Waals surface area contributed by atoms with Crippen LogP contribution in [0.25, 0.3) is 0 Å². The summed E-state index contributed by atoms with van der Waals surface area (Å²) >= 11 is 0. The Balaban J connectivity index is 2.57. The number of methoxy groups -OCH3 is 1. The number of ether oxygens (including phenoxy) is 1. The van der Waals surface area contributed by atoms with Gasteiger partial charge in [-0.1, -0.05) is 30.3 Å². The van der Waals surface area contributed by atoms with E-state index in [2.05, 4.69) is 4.74 Å². The summed E-state index contributed by atoms with van der Waals surface area (Å²) in [7, 11) is 1.04. The summed E-state index contributed by atoms with van der Waals surface area (Å²) in [4.78, 5) is 24.4. The van der Waals surface area contributed by atoms with Gasteiger partial charge in [0.15, 0.2) is 16.6 Å². The van der Waals surface area contributed by atoms with Gasteiger partial charge in [0.2, 0.25) is 0 Å². The third-order valence-electron chi connectivity index (χ3n) is 3.76. The van der Waals surface area contributed by atoms with E-state index >= 15 is 0 Å². The number of benzene rings is 1. The summed E-state index contributed by atoms with van der Waals surface area (Å²) in [6, 6.07) is 12.9. The number of nitrogens with zero attached hydrogens (tertiary/aromatic N) is 3. The van der Waals surface area contributed by atoms with Crippen molar-refractivity contribution < 1.29 is 14.3 Å². The van der Waals surface area contributed by atoms with Gasteiger partial charge in [-0.25, -0.2) is 0 Å². The summed E-state index contributed by atoms with van der Waals surface area (Å²) in [6.07, 6.45) is 0. The lowest BCUT2D eigenvalue weighted by Crippen LogP contribution is -2.23. The molecule has 0 aliphatic heterocycles. The predicted molar refractivity (Wildman–Crippen MR) is 68.0 cm³/mol. The summed E-state index contributed by atoms with van der Waals surface area (Å²) < 4.78 is 4.53. The second-order valence-corrected chi connectivity index (χ2v) is 4.61. The quantitative estimate of drug-likeness (QED) is 0.606. The fourth-order valence-corrected chi connectivity index (χ4v) is 2.61. The van der Waals surface area contributed by atoms with Crippen LogP contribution in [-0.4, -0.2) is 18.9 Å². The van der Waals surface area contributed by atoms with E-state index in [0.717, 1.165) is 7.11 Å². The number of hydrogen-bond donors (Lipinski definition) is 0. The lowest BCUT2D eigenvalue weighted by Gasteiger charge is -2.05. The number of hydrogen-bond acceptors (Lipinski definition) is 6. The first-order valence-electron chi connectivity index (χ1n) is 5.97. The number of carbonyl (C=O) groups is 2. The molecule has 0 spiro atoms. The molecule has 1 aromatic rings. The molecule has 21 heavy (non-hydrogen) atoms. The van der Waals surface area contributed by atoms with Crippen LogP contribution in [0.5, 0.6) is 0 Å². The zero-order valence-electron chi connectivity index (χ0n) is 11.0. The molecule has 2 rings (SSSR count). The lowest BCUT2D eigenvalue weighted by atomic mass is 9.97. The molecule has 0 heterocycles. The Labute approximate surface area is 120 Å². The van der Waals surface area contributed by atoms with E-state index < -0.39 is 28.5 Å². The number of ketones is 1. The second kappa shape index (κ2) is 4.74. The van der Waals surface area contributed by atoms with Gasteiger partial charge in [-0.15, -0.1) is 0 Å². The third-order valence-corrected chi connectivity index (χ3v) is 3.76. The SMILES string of the molecule is COC(=O)[C@]1(C#N)[C@@H](C(=O)c2ccccc2)C1(C#N)C#N. The minimum Gasteiger partial charge on any atom is -0.468 e. The molecule has 0 unspecified atom stereocenters. The van der Waals surface area contributed by atoms with Gasteiger partial charge in [-0.3, -0.25) is 9.59 Å². The van der Waals surface area contributed by atoms with Crippen molar-refractivity contribution in [3.63, 3.8) is 0 Å². The maximum absolute atomic E-state index is 12.5. The Morgan fingerprint density at radius 1 is 1.10 bits per heavy atom. The van der Waals surface area contributed by atoms with E-state index in [9.17, 15) is 25.4 Å². The van der Waals surface area contributed by atoms with Crippen LogP contribution in [0.15, 0.2) is 30.3 Å². The molecule has 1 aliphatic carbocycles. The number of rotatable bonds is 3. The largest absolute Gasteiger partial charge is 0.468 e. The van der Waals surface area contributed by atoms with Crippen LogP contribution in [0.3, 0.4) is 0 Å². The van der Waals surface area contributed by atoms with Crippen LogP contribution in [0, 0.1) is 50.7 Å². The first-order chi connectivity index (χ1) is 10.1. The monoisotopic (exact) mass is 279 g/mol. The number of carbonyl (C=O) groups excluding carboxylic acids is 2. The normalized spacial score (nSPS) is 24.8. The number of esters is 1. The van der Waals surface area contributed by atoms with Crippen LogP contribution in [-0.2, 0) is 9.53 Å². The van der Waals surface area contributed by atoms with Crippen LogP contribution in [0.4, 0.5) is 0 Å². The van der Waals surface area contributed by atoms with Gasteiger partial charge in [0.05, 0.1) is 31.2 Å². The first-order valence-corrected chi connectivity index (χ1v) is 5.97. The Bertz CT molecular complexity index is 722. The zero-order valence-corrected chi connectivity index (χ0v) is 11.0. The average Bonchev–Trinajstić information content (AvgIpc) is 3.17. The molecule has 1 aromatic carbocycles. The summed E-state index contributed by atoms with van der Waals surface area (Å²) in [5.74, 6) is -2.98. The molecule has 0 N–H and O–H groups in total. The molecule has 0 bridgehead atoms. The minimum atomic E-state index is -2.07. The highest BCUT2D eigenvalue weighted by atomic mass is 16.5. The molecule has 6 nitrogen and oxygen atoms in total. The molecular formula is C15H9N3O3. The summed E-state index contributed by atoms with van der Waals surface area (Å²) in [5.41, 5.74) is -3.85. The van der Waals surface area contributed by atoms with E-state index in [1.54, 1.807) is 36.4 Å². The van der Waals surface area contributed by atoms with Crippen molar-refractivity contribution in [2.75, 3.05) is 7.11 Å². The van der Waals surface area contributed by atoms with Gasteiger partial charge in [-0.05, 0) is 0 Å². The molecule has 6 heteroatoms. The molecule has 0 amide bonds. The van der Waals surface area contributed by atoms with Crippen LogP contribution in [0.1, 0.15) is 10.4 Å². The van der Waals surface area contributed by atoms with Crippen molar-refractivity contribution in [3.8, 4) is 18.2 Å². The highest BCUT2D eigenvalue weighted by Gasteiger charge is 2.87. The molecule has 0 saturated heterocycles. The van der Waals surface area contributed by atoms with Crippen molar-refractivity contribution in [2.45, 2.75) is 0 Å². The molecule has 0 aromatic heterocycles. The fraction of sp³-hybridized carbons (Fsp3) is 0.267. The van der Waals surface area contributed by atoms with Crippen LogP contribution in [0.2, 0.25) is 0 Å². The van der Waals surface area contributed by atoms with Gasteiger partial charge in [0.25, 0.3) is 0 Å². The highest BCUT2D eigenvalue weighted by molar-refractivity contribution is 6.09. The van der Waals surface area contributed by atoms with Crippen LogP contribution >= 0.6 is 0 Å². The molecule has 1 fully saturated rings. The van der Waals surface area contributed by atoms with Crippen molar-refractivity contribution in [3.05, 3.63) is 35.9 Å². The molecule has 0 radical (unpaired) electrons. The smallest absolute Gasteiger partial charge is 0.329 e.